The molecule has 0 radical (unpaired) electrons. The van der Waals surface area contributed by atoms with Gasteiger partial charge in [0.1, 0.15) is 5.82 Å². The molecule has 0 bridgehead atoms. The summed E-state index contributed by atoms with van der Waals surface area (Å²) in [4.78, 5) is 9.20. The number of nitrogen functional groups attached to an aromatic ring is 1. The Morgan fingerprint density at radius 1 is 1.21 bits per heavy atom. The first kappa shape index (κ1) is 12.1. The van der Waals surface area contributed by atoms with Crippen molar-refractivity contribution in [3.63, 3.8) is 0 Å². The van der Waals surface area contributed by atoms with E-state index in [-0.39, 0.29) is 0 Å². The molecular weight excluding hydrogens is 236 g/mol. The fraction of sp³-hybridized carbons (Fsp3) is 0.333. The summed E-state index contributed by atoms with van der Waals surface area (Å²) in [6, 6.07) is 6.33. The topological polar surface area (TPSA) is 63.8 Å². The maximum atomic E-state index is 6.08. The lowest BCUT2D eigenvalue weighted by Gasteiger charge is -2.18. The molecule has 1 aromatic carbocycles. The quantitative estimate of drug-likeness (QED) is 0.817. The van der Waals surface area contributed by atoms with Crippen LogP contribution in [0.15, 0.2) is 18.2 Å². The number of nitrogens with one attached hydrogen (secondary N) is 1. The van der Waals surface area contributed by atoms with Crippen molar-refractivity contribution in [2.45, 2.75) is 26.8 Å². The lowest BCUT2D eigenvalue weighted by molar-refractivity contribution is 0.629. The van der Waals surface area contributed by atoms with Crippen molar-refractivity contribution in [3.8, 4) is 11.4 Å². The molecule has 1 aromatic heterocycles. The number of hydrogen-bond acceptors (Lipinski definition) is 4. The SMILES string of the molecule is Cc1ccc(C)c(-c2nc(N)c3c(n2)CCNC3)c1. The summed E-state index contributed by atoms with van der Waals surface area (Å²) in [6.45, 7) is 5.88. The Labute approximate surface area is 113 Å². The first-order valence-corrected chi connectivity index (χ1v) is 6.59. The molecule has 0 spiro atoms. The molecule has 1 aliphatic heterocycles. The average Bonchev–Trinajstić information content (AvgIpc) is 2.41. The molecule has 2 aromatic rings. The Bertz CT molecular complexity index is 634. The summed E-state index contributed by atoms with van der Waals surface area (Å²) < 4.78 is 0. The second-order valence-electron chi connectivity index (χ2n) is 5.10. The number of anilines is 1. The molecule has 3 N–H and O–H groups in total. The zero-order valence-corrected chi connectivity index (χ0v) is 11.3. The van der Waals surface area contributed by atoms with E-state index >= 15 is 0 Å². The van der Waals surface area contributed by atoms with E-state index in [0.717, 1.165) is 42.2 Å². The third-order valence-electron chi connectivity index (χ3n) is 3.60. The van der Waals surface area contributed by atoms with Crippen LogP contribution < -0.4 is 11.1 Å². The monoisotopic (exact) mass is 254 g/mol. The maximum Gasteiger partial charge on any atom is 0.162 e. The van der Waals surface area contributed by atoms with Gasteiger partial charge in [-0.25, -0.2) is 9.97 Å². The molecule has 98 valence electrons. The number of rotatable bonds is 1. The van der Waals surface area contributed by atoms with E-state index in [2.05, 4.69) is 42.3 Å². The van der Waals surface area contributed by atoms with Crippen molar-refractivity contribution < 1.29 is 0 Å². The van der Waals surface area contributed by atoms with Crippen LogP contribution in [0.1, 0.15) is 22.4 Å². The summed E-state index contributed by atoms with van der Waals surface area (Å²) >= 11 is 0. The zero-order chi connectivity index (χ0) is 13.4. The van der Waals surface area contributed by atoms with Crippen molar-refractivity contribution in [2.75, 3.05) is 12.3 Å². The van der Waals surface area contributed by atoms with Gasteiger partial charge in [0, 0.05) is 30.6 Å². The summed E-state index contributed by atoms with van der Waals surface area (Å²) in [7, 11) is 0. The van der Waals surface area contributed by atoms with E-state index in [1.54, 1.807) is 0 Å². The van der Waals surface area contributed by atoms with E-state index in [1.807, 2.05) is 0 Å². The minimum Gasteiger partial charge on any atom is -0.383 e. The van der Waals surface area contributed by atoms with Gasteiger partial charge in [-0.3, -0.25) is 0 Å². The molecule has 4 nitrogen and oxygen atoms in total. The summed E-state index contributed by atoms with van der Waals surface area (Å²) in [5, 5.41) is 3.30. The van der Waals surface area contributed by atoms with Crippen LogP contribution in [0.4, 0.5) is 5.82 Å². The van der Waals surface area contributed by atoms with E-state index in [9.17, 15) is 0 Å². The smallest absolute Gasteiger partial charge is 0.162 e. The normalized spacial score (nSPS) is 14.2. The molecule has 19 heavy (non-hydrogen) atoms. The maximum absolute atomic E-state index is 6.08. The molecule has 1 aliphatic rings. The fourth-order valence-electron chi connectivity index (χ4n) is 2.47. The van der Waals surface area contributed by atoms with Crippen LogP contribution in [0, 0.1) is 13.8 Å². The van der Waals surface area contributed by atoms with Gasteiger partial charge < -0.3 is 11.1 Å². The zero-order valence-electron chi connectivity index (χ0n) is 11.3. The van der Waals surface area contributed by atoms with Crippen molar-refractivity contribution in [2.24, 2.45) is 0 Å². The number of aromatic nitrogens is 2. The third-order valence-corrected chi connectivity index (χ3v) is 3.60. The highest BCUT2D eigenvalue weighted by Crippen LogP contribution is 2.25. The molecule has 0 saturated heterocycles. The molecular formula is C15H18N4. The molecule has 0 fully saturated rings. The van der Waals surface area contributed by atoms with Gasteiger partial charge in [-0.05, 0) is 25.5 Å². The number of fused-ring (bicyclic) bond motifs is 1. The van der Waals surface area contributed by atoms with Gasteiger partial charge in [0.15, 0.2) is 5.82 Å². The Morgan fingerprint density at radius 2 is 2.05 bits per heavy atom. The number of hydrogen-bond donors (Lipinski definition) is 2. The molecule has 3 rings (SSSR count). The van der Waals surface area contributed by atoms with E-state index in [1.165, 1.54) is 11.1 Å². The van der Waals surface area contributed by atoms with Crippen LogP contribution in [-0.4, -0.2) is 16.5 Å². The second kappa shape index (κ2) is 4.63. The van der Waals surface area contributed by atoms with Gasteiger partial charge in [0.05, 0.1) is 5.69 Å². The van der Waals surface area contributed by atoms with Gasteiger partial charge in [-0.2, -0.15) is 0 Å². The highest BCUT2D eigenvalue weighted by Gasteiger charge is 2.17. The molecule has 0 aliphatic carbocycles. The summed E-state index contributed by atoms with van der Waals surface area (Å²) in [5.74, 6) is 1.35. The molecule has 0 unspecified atom stereocenters. The minimum atomic E-state index is 0.605. The first-order chi connectivity index (χ1) is 9.15. The van der Waals surface area contributed by atoms with Crippen LogP contribution >= 0.6 is 0 Å². The number of aryl methyl sites for hydroxylation is 2. The third kappa shape index (κ3) is 2.19. The van der Waals surface area contributed by atoms with Crippen molar-refractivity contribution >= 4 is 5.82 Å². The van der Waals surface area contributed by atoms with Gasteiger partial charge in [0.25, 0.3) is 0 Å². The molecule has 0 saturated carbocycles. The van der Waals surface area contributed by atoms with E-state index in [4.69, 9.17) is 10.7 Å². The van der Waals surface area contributed by atoms with Crippen molar-refractivity contribution in [1.29, 1.82) is 0 Å². The van der Waals surface area contributed by atoms with Crippen LogP contribution in [0.2, 0.25) is 0 Å². The lowest BCUT2D eigenvalue weighted by Crippen LogP contribution is -2.26. The van der Waals surface area contributed by atoms with Crippen LogP contribution in [0.25, 0.3) is 11.4 Å². The van der Waals surface area contributed by atoms with E-state index < -0.39 is 0 Å². The largest absolute Gasteiger partial charge is 0.383 e. The first-order valence-electron chi connectivity index (χ1n) is 6.59. The Hall–Kier alpha value is -1.94. The van der Waals surface area contributed by atoms with Crippen LogP contribution in [0.5, 0.6) is 0 Å². The summed E-state index contributed by atoms with van der Waals surface area (Å²) in [6.07, 6.45) is 0.917. The van der Waals surface area contributed by atoms with Gasteiger partial charge in [0.2, 0.25) is 0 Å². The molecule has 2 heterocycles. The van der Waals surface area contributed by atoms with Crippen molar-refractivity contribution in [1.82, 2.24) is 15.3 Å². The lowest BCUT2D eigenvalue weighted by atomic mass is 10.0. The summed E-state index contributed by atoms with van der Waals surface area (Å²) in [5.41, 5.74) is 11.7. The van der Waals surface area contributed by atoms with Gasteiger partial charge >= 0.3 is 0 Å². The molecule has 0 atom stereocenters. The number of benzene rings is 1. The molecule has 0 amide bonds. The van der Waals surface area contributed by atoms with Crippen molar-refractivity contribution in [3.05, 3.63) is 40.6 Å². The van der Waals surface area contributed by atoms with E-state index in [0.29, 0.717) is 5.82 Å². The Morgan fingerprint density at radius 3 is 2.89 bits per heavy atom. The predicted octanol–water partition coefficient (Wildman–Crippen LogP) is 1.99. The predicted molar refractivity (Wildman–Crippen MR) is 76.8 cm³/mol. The minimum absolute atomic E-state index is 0.605. The highest BCUT2D eigenvalue weighted by molar-refractivity contribution is 5.63. The van der Waals surface area contributed by atoms with Gasteiger partial charge in [-0.1, -0.05) is 17.7 Å². The van der Waals surface area contributed by atoms with Crippen LogP contribution in [-0.2, 0) is 13.0 Å². The second-order valence-corrected chi connectivity index (χ2v) is 5.10. The fourth-order valence-corrected chi connectivity index (χ4v) is 2.47. The Kier molecular flexibility index (Phi) is 2.95. The highest BCUT2D eigenvalue weighted by atomic mass is 15.0. The standard InChI is InChI=1S/C15H18N4/c1-9-3-4-10(2)11(7-9)15-18-13-5-6-17-8-12(13)14(16)19-15/h3-4,7,17H,5-6,8H2,1-2H3,(H2,16,18,19). The number of nitrogens with zero attached hydrogens (tertiary/aromatic N) is 2. The van der Waals surface area contributed by atoms with Crippen LogP contribution in [0.3, 0.4) is 0 Å². The Balaban J connectivity index is 2.15. The van der Waals surface area contributed by atoms with Gasteiger partial charge in [-0.15, -0.1) is 0 Å². The number of nitrogens with two attached hydrogens (primary N) is 1. The molecule has 4 heteroatoms. The average molecular weight is 254 g/mol.